The molecule has 90 valence electrons. The third-order valence-corrected chi connectivity index (χ3v) is 3.40. The van der Waals surface area contributed by atoms with E-state index in [2.05, 4.69) is 37.7 Å². The van der Waals surface area contributed by atoms with Crippen molar-refractivity contribution in [2.45, 2.75) is 13.0 Å². The zero-order valence-electron chi connectivity index (χ0n) is 9.68. The molecule has 5 nitrogen and oxygen atoms in total. The zero-order valence-corrected chi connectivity index (χ0v) is 11.3. The van der Waals surface area contributed by atoms with E-state index in [1.54, 1.807) is 10.9 Å². The fraction of sp³-hybridized carbons (Fsp3) is 0.273. The van der Waals surface area contributed by atoms with Crippen LogP contribution in [0.4, 0.5) is 0 Å². The van der Waals surface area contributed by atoms with Crippen LogP contribution in [0.15, 0.2) is 28.9 Å². The minimum absolute atomic E-state index is 0.135. The Kier molecular flexibility index (Phi) is 3.56. The Morgan fingerprint density at radius 1 is 1.47 bits per heavy atom. The largest absolute Gasteiger partial charge is 0.271 e. The van der Waals surface area contributed by atoms with Crippen LogP contribution in [-0.4, -0.2) is 15.0 Å². The molecule has 1 atom stereocenters. The van der Waals surface area contributed by atoms with Gasteiger partial charge in [-0.3, -0.25) is 10.5 Å². The first-order valence-corrected chi connectivity index (χ1v) is 5.99. The van der Waals surface area contributed by atoms with Gasteiger partial charge in [-0.2, -0.15) is 0 Å². The van der Waals surface area contributed by atoms with Gasteiger partial charge in [-0.05, 0) is 18.6 Å². The molecule has 0 radical (unpaired) electrons. The highest BCUT2D eigenvalue weighted by Gasteiger charge is 2.19. The molecule has 1 aromatic carbocycles. The predicted octanol–water partition coefficient (Wildman–Crippen LogP) is 1.44. The first-order chi connectivity index (χ1) is 8.13. The maximum Gasteiger partial charge on any atom is 0.0905 e. The zero-order chi connectivity index (χ0) is 12.4. The van der Waals surface area contributed by atoms with Crippen LogP contribution in [0.3, 0.4) is 0 Å². The van der Waals surface area contributed by atoms with E-state index < -0.39 is 0 Å². The van der Waals surface area contributed by atoms with Crippen molar-refractivity contribution >= 4 is 15.9 Å². The SMILES string of the molecule is Cc1ccc(Br)c(C(NN)c2cnnn2C)c1. The van der Waals surface area contributed by atoms with Crippen molar-refractivity contribution in [3.05, 3.63) is 45.7 Å². The number of aryl methyl sites for hydroxylation is 2. The van der Waals surface area contributed by atoms with Crippen LogP contribution < -0.4 is 11.3 Å². The number of hydrazine groups is 1. The summed E-state index contributed by atoms with van der Waals surface area (Å²) in [5.41, 5.74) is 5.96. The minimum atomic E-state index is -0.135. The molecule has 0 aliphatic heterocycles. The van der Waals surface area contributed by atoms with Gasteiger partial charge >= 0.3 is 0 Å². The van der Waals surface area contributed by atoms with Gasteiger partial charge in [-0.15, -0.1) is 5.10 Å². The van der Waals surface area contributed by atoms with Crippen LogP contribution in [0.2, 0.25) is 0 Å². The lowest BCUT2D eigenvalue weighted by Crippen LogP contribution is -2.30. The third-order valence-electron chi connectivity index (χ3n) is 2.67. The minimum Gasteiger partial charge on any atom is -0.271 e. The Hall–Kier alpha value is -1.24. The molecule has 17 heavy (non-hydrogen) atoms. The molecule has 2 rings (SSSR count). The second kappa shape index (κ2) is 4.95. The number of benzene rings is 1. The average molecular weight is 296 g/mol. The number of halogens is 1. The van der Waals surface area contributed by atoms with E-state index >= 15 is 0 Å². The molecule has 0 bridgehead atoms. The topological polar surface area (TPSA) is 68.8 Å². The van der Waals surface area contributed by atoms with Crippen LogP contribution in [-0.2, 0) is 7.05 Å². The van der Waals surface area contributed by atoms with E-state index in [0.717, 1.165) is 15.7 Å². The molecule has 0 amide bonds. The first-order valence-electron chi connectivity index (χ1n) is 5.20. The number of nitrogens with one attached hydrogen (secondary N) is 1. The molecule has 1 heterocycles. The summed E-state index contributed by atoms with van der Waals surface area (Å²) < 4.78 is 2.71. The standard InChI is InChI=1S/C11H14BrN5/c1-7-3-4-9(12)8(5-7)11(15-13)10-6-14-16-17(10)2/h3-6,11,15H,13H2,1-2H3. The quantitative estimate of drug-likeness (QED) is 0.664. The lowest BCUT2D eigenvalue weighted by Gasteiger charge is -2.18. The lowest BCUT2D eigenvalue weighted by molar-refractivity contribution is 0.568. The Bertz CT molecular complexity index is 522. The van der Waals surface area contributed by atoms with Gasteiger partial charge in [0, 0.05) is 11.5 Å². The van der Waals surface area contributed by atoms with Gasteiger partial charge in [-0.1, -0.05) is 38.8 Å². The Morgan fingerprint density at radius 3 is 2.82 bits per heavy atom. The summed E-state index contributed by atoms with van der Waals surface area (Å²) in [5.74, 6) is 5.64. The first kappa shape index (κ1) is 12.2. The normalized spacial score (nSPS) is 12.7. The summed E-state index contributed by atoms with van der Waals surface area (Å²) in [6.45, 7) is 2.05. The van der Waals surface area contributed by atoms with Crippen LogP contribution in [0, 0.1) is 6.92 Å². The summed E-state index contributed by atoms with van der Waals surface area (Å²) in [6.07, 6.45) is 1.71. The van der Waals surface area contributed by atoms with Gasteiger partial charge in [0.05, 0.1) is 17.9 Å². The number of hydrogen-bond acceptors (Lipinski definition) is 4. The van der Waals surface area contributed by atoms with Gasteiger partial charge < -0.3 is 0 Å². The van der Waals surface area contributed by atoms with Crippen molar-refractivity contribution in [1.82, 2.24) is 20.4 Å². The van der Waals surface area contributed by atoms with E-state index in [9.17, 15) is 0 Å². The van der Waals surface area contributed by atoms with E-state index in [1.165, 1.54) is 5.56 Å². The van der Waals surface area contributed by atoms with Crippen LogP contribution >= 0.6 is 15.9 Å². The lowest BCUT2D eigenvalue weighted by atomic mass is 10.0. The summed E-state index contributed by atoms with van der Waals surface area (Å²) in [6, 6.07) is 6.01. The summed E-state index contributed by atoms with van der Waals surface area (Å²) >= 11 is 3.54. The summed E-state index contributed by atoms with van der Waals surface area (Å²) in [7, 11) is 1.84. The van der Waals surface area contributed by atoms with E-state index in [1.807, 2.05) is 26.1 Å². The van der Waals surface area contributed by atoms with Crippen LogP contribution in [0.25, 0.3) is 0 Å². The van der Waals surface area contributed by atoms with Crippen molar-refractivity contribution in [2.24, 2.45) is 12.9 Å². The molecule has 0 saturated carbocycles. The highest BCUT2D eigenvalue weighted by atomic mass is 79.9. The molecule has 0 fully saturated rings. The second-order valence-electron chi connectivity index (χ2n) is 3.91. The molecule has 0 aliphatic rings. The van der Waals surface area contributed by atoms with E-state index in [-0.39, 0.29) is 6.04 Å². The molecule has 3 N–H and O–H groups in total. The number of rotatable bonds is 3. The average Bonchev–Trinajstić information content (AvgIpc) is 2.71. The summed E-state index contributed by atoms with van der Waals surface area (Å²) in [4.78, 5) is 0. The maximum absolute atomic E-state index is 5.64. The molecule has 1 aromatic heterocycles. The molecular formula is C11H14BrN5. The van der Waals surface area contributed by atoms with Gasteiger partial charge in [0.25, 0.3) is 0 Å². The maximum atomic E-state index is 5.64. The Balaban J connectivity index is 2.49. The highest BCUT2D eigenvalue weighted by molar-refractivity contribution is 9.10. The molecule has 6 heteroatoms. The van der Waals surface area contributed by atoms with Gasteiger partial charge in [0.1, 0.15) is 0 Å². The molecule has 0 spiro atoms. The van der Waals surface area contributed by atoms with Crippen molar-refractivity contribution in [1.29, 1.82) is 0 Å². The molecule has 0 saturated heterocycles. The van der Waals surface area contributed by atoms with Crippen LogP contribution in [0.5, 0.6) is 0 Å². The number of hydrogen-bond donors (Lipinski definition) is 2. The van der Waals surface area contributed by atoms with E-state index in [4.69, 9.17) is 5.84 Å². The molecule has 0 aliphatic carbocycles. The Labute approximate surface area is 108 Å². The highest BCUT2D eigenvalue weighted by Crippen LogP contribution is 2.28. The Morgan fingerprint density at radius 2 is 2.24 bits per heavy atom. The van der Waals surface area contributed by atoms with Gasteiger partial charge in [0.15, 0.2) is 0 Å². The monoisotopic (exact) mass is 295 g/mol. The van der Waals surface area contributed by atoms with Crippen LogP contribution in [0.1, 0.15) is 22.9 Å². The van der Waals surface area contributed by atoms with E-state index in [0.29, 0.717) is 0 Å². The molecular weight excluding hydrogens is 282 g/mol. The predicted molar refractivity (Wildman–Crippen MR) is 69.0 cm³/mol. The fourth-order valence-electron chi connectivity index (χ4n) is 1.78. The summed E-state index contributed by atoms with van der Waals surface area (Å²) in [5, 5.41) is 7.79. The van der Waals surface area contributed by atoms with Crippen molar-refractivity contribution in [3.63, 3.8) is 0 Å². The van der Waals surface area contributed by atoms with Crippen molar-refractivity contribution in [2.75, 3.05) is 0 Å². The second-order valence-corrected chi connectivity index (χ2v) is 4.76. The molecule has 2 aromatic rings. The van der Waals surface area contributed by atoms with Crippen molar-refractivity contribution < 1.29 is 0 Å². The smallest absolute Gasteiger partial charge is 0.0905 e. The third kappa shape index (κ3) is 2.38. The fourth-order valence-corrected chi connectivity index (χ4v) is 2.25. The number of nitrogens with zero attached hydrogens (tertiary/aromatic N) is 3. The number of aromatic nitrogens is 3. The number of nitrogens with two attached hydrogens (primary N) is 1. The van der Waals surface area contributed by atoms with Crippen molar-refractivity contribution in [3.8, 4) is 0 Å². The van der Waals surface area contributed by atoms with Gasteiger partial charge in [0.2, 0.25) is 0 Å². The van der Waals surface area contributed by atoms with Gasteiger partial charge in [-0.25, -0.2) is 5.43 Å². The molecule has 1 unspecified atom stereocenters.